The van der Waals surface area contributed by atoms with E-state index in [9.17, 15) is 13.2 Å². The topological polar surface area (TPSA) is 66.5 Å². The van der Waals surface area contributed by atoms with E-state index in [4.69, 9.17) is 0 Å². The van der Waals surface area contributed by atoms with Crippen molar-refractivity contribution >= 4 is 21.6 Å². The lowest BCUT2D eigenvalue weighted by molar-refractivity contribution is -0.116. The van der Waals surface area contributed by atoms with Crippen molar-refractivity contribution in [3.8, 4) is 0 Å². The molecule has 1 aromatic rings. The van der Waals surface area contributed by atoms with Gasteiger partial charge in [-0.3, -0.25) is 4.79 Å². The van der Waals surface area contributed by atoms with Crippen LogP contribution in [0, 0.1) is 0 Å². The molecule has 1 aromatic carbocycles. The van der Waals surface area contributed by atoms with Crippen LogP contribution in [-0.4, -0.2) is 33.7 Å². The van der Waals surface area contributed by atoms with Crippen LogP contribution in [0.4, 0.5) is 5.69 Å². The van der Waals surface area contributed by atoms with Gasteiger partial charge in [-0.15, -0.1) is 0 Å². The van der Waals surface area contributed by atoms with E-state index >= 15 is 0 Å². The van der Waals surface area contributed by atoms with Gasteiger partial charge in [0.1, 0.15) is 0 Å². The molecule has 0 aliphatic rings. The van der Waals surface area contributed by atoms with Crippen molar-refractivity contribution in [2.75, 3.05) is 24.2 Å². The Morgan fingerprint density at radius 2 is 1.71 bits per heavy atom. The van der Waals surface area contributed by atoms with Crippen LogP contribution in [0.25, 0.3) is 0 Å². The summed E-state index contributed by atoms with van der Waals surface area (Å²) in [4.78, 5) is 13.3. The molecule has 0 fully saturated rings. The van der Waals surface area contributed by atoms with Gasteiger partial charge in [0.25, 0.3) is 0 Å². The Labute approximate surface area is 127 Å². The minimum absolute atomic E-state index is 0.0530. The van der Waals surface area contributed by atoms with Gasteiger partial charge in [0, 0.05) is 25.7 Å². The molecule has 0 radical (unpaired) electrons. The van der Waals surface area contributed by atoms with Gasteiger partial charge in [-0.1, -0.05) is 32.9 Å². The van der Waals surface area contributed by atoms with Crippen LogP contribution in [0.15, 0.2) is 24.3 Å². The van der Waals surface area contributed by atoms with Crippen molar-refractivity contribution < 1.29 is 13.2 Å². The molecule has 1 amide bonds. The number of hydrogen-bond acceptors (Lipinski definition) is 3. The SMILES string of the molecule is CC(=O)N(CCNS(C)(=O)=O)c1ccc(C(C)(C)C)cc1. The molecule has 0 aromatic heterocycles. The number of carbonyl (C=O) groups is 1. The van der Waals surface area contributed by atoms with Gasteiger partial charge in [0.05, 0.1) is 6.26 Å². The summed E-state index contributed by atoms with van der Waals surface area (Å²) < 4.78 is 24.5. The van der Waals surface area contributed by atoms with Crippen molar-refractivity contribution in [2.24, 2.45) is 0 Å². The average Bonchev–Trinajstić information content (AvgIpc) is 2.32. The maximum atomic E-state index is 11.7. The second-order valence-corrected chi connectivity index (χ2v) is 7.97. The number of nitrogens with zero attached hydrogens (tertiary/aromatic N) is 1. The van der Waals surface area contributed by atoms with E-state index < -0.39 is 10.0 Å². The predicted molar refractivity (Wildman–Crippen MR) is 86.0 cm³/mol. The zero-order valence-electron chi connectivity index (χ0n) is 13.3. The van der Waals surface area contributed by atoms with E-state index in [0.29, 0.717) is 6.54 Å². The highest BCUT2D eigenvalue weighted by molar-refractivity contribution is 7.88. The molecule has 0 spiro atoms. The number of anilines is 1. The fourth-order valence-corrected chi connectivity index (χ4v) is 2.41. The normalized spacial score (nSPS) is 12.2. The number of hydrogen-bond donors (Lipinski definition) is 1. The Bertz CT molecular complexity index is 586. The standard InChI is InChI=1S/C15H24N2O3S/c1-12(18)17(11-10-16-21(5,19)20)14-8-6-13(7-9-14)15(2,3)4/h6-9,16H,10-11H2,1-5H3. The van der Waals surface area contributed by atoms with Crippen molar-refractivity contribution in [1.82, 2.24) is 4.72 Å². The number of nitrogens with one attached hydrogen (secondary N) is 1. The summed E-state index contributed by atoms with van der Waals surface area (Å²) in [5, 5.41) is 0. The lowest BCUT2D eigenvalue weighted by Crippen LogP contribution is -2.37. The quantitative estimate of drug-likeness (QED) is 0.903. The first-order valence-electron chi connectivity index (χ1n) is 6.84. The second kappa shape index (κ2) is 6.58. The minimum atomic E-state index is -3.24. The van der Waals surface area contributed by atoms with Gasteiger partial charge in [0.2, 0.25) is 15.9 Å². The number of benzene rings is 1. The van der Waals surface area contributed by atoms with Gasteiger partial charge in [-0.2, -0.15) is 0 Å². The van der Waals surface area contributed by atoms with Crippen LogP contribution in [0.5, 0.6) is 0 Å². The van der Waals surface area contributed by atoms with Crippen LogP contribution in [0.3, 0.4) is 0 Å². The lowest BCUT2D eigenvalue weighted by atomic mass is 9.87. The summed E-state index contributed by atoms with van der Waals surface area (Å²) in [7, 11) is -3.24. The van der Waals surface area contributed by atoms with E-state index in [1.165, 1.54) is 12.5 Å². The number of amides is 1. The molecule has 0 atom stereocenters. The Morgan fingerprint density at radius 3 is 2.10 bits per heavy atom. The maximum Gasteiger partial charge on any atom is 0.223 e. The summed E-state index contributed by atoms with van der Waals surface area (Å²) in [6.45, 7) is 8.34. The first-order chi connectivity index (χ1) is 9.50. The second-order valence-electron chi connectivity index (χ2n) is 6.13. The molecule has 1 rings (SSSR count). The molecule has 0 aliphatic carbocycles. The van der Waals surface area contributed by atoms with Crippen LogP contribution in [0.1, 0.15) is 33.3 Å². The predicted octanol–water partition coefficient (Wildman–Crippen LogP) is 1.89. The minimum Gasteiger partial charge on any atom is -0.311 e. The first kappa shape index (κ1) is 17.7. The zero-order valence-corrected chi connectivity index (χ0v) is 14.1. The first-order valence-corrected chi connectivity index (χ1v) is 8.73. The highest BCUT2D eigenvalue weighted by Gasteiger charge is 2.16. The van der Waals surface area contributed by atoms with Gasteiger partial charge in [-0.25, -0.2) is 13.1 Å². The molecule has 0 bridgehead atoms. The Balaban J connectivity index is 2.84. The van der Waals surface area contributed by atoms with Crippen LogP contribution < -0.4 is 9.62 Å². The molecule has 21 heavy (non-hydrogen) atoms. The summed E-state index contributed by atoms with van der Waals surface area (Å²) in [5.74, 6) is -0.117. The Kier molecular flexibility index (Phi) is 5.53. The highest BCUT2D eigenvalue weighted by Crippen LogP contribution is 2.24. The third-order valence-corrected chi connectivity index (χ3v) is 3.85. The van der Waals surface area contributed by atoms with E-state index in [2.05, 4.69) is 25.5 Å². The molecule has 0 saturated heterocycles. The van der Waals surface area contributed by atoms with Crippen LogP contribution >= 0.6 is 0 Å². The third-order valence-electron chi connectivity index (χ3n) is 3.12. The van der Waals surface area contributed by atoms with Crippen molar-refractivity contribution in [3.05, 3.63) is 29.8 Å². The van der Waals surface area contributed by atoms with E-state index in [0.717, 1.165) is 11.9 Å². The fraction of sp³-hybridized carbons (Fsp3) is 0.533. The lowest BCUT2D eigenvalue weighted by Gasteiger charge is -2.24. The molecule has 6 heteroatoms. The number of sulfonamides is 1. The van der Waals surface area contributed by atoms with E-state index in [1.807, 2.05) is 24.3 Å². The molecule has 0 aliphatic heterocycles. The van der Waals surface area contributed by atoms with Gasteiger partial charge in [0.15, 0.2) is 0 Å². The summed E-state index contributed by atoms with van der Waals surface area (Å²) in [6.07, 6.45) is 1.10. The van der Waals surface area contributed by atoms with Crippen molar-refractivity contribution in [2.45, 2.75) is 33.1 Å². The Hall–Kier alpha value is -1.40. The summed E-state index contributed by atoms with van der Waals surface area (Å²) >= 11 is 0. The molecular formula is C15H24N2O3S. The van der Waals surface area contributed by atoms with Gasteiger partial charge in [-0.05, 0) is 23.1 Å². The van der Waals surface area contributed by atoms with Gasteiger partial charge >= 0.3 is 0 Å². The van der Waals surface area contributed by atoms with E-state index in [1.54, 1.807) is 4.90 Å². The fourth-order valence-electron chi connectivity index (χ4n) is 1.95. The number of rotatable bonds is 5. The molecule has 1 N–H and O–H groups in total. The molecular weight excluding hydrogens is 288 g/mol. The van der Waals surface area contributed by atoms with Gasteiger partial charge < -0.3 is 4.90 Å². The van der Waals surface area contributed by atoms with Crippen LogP contribution in [0.2, 0.25) is 0 Å². The molecule has 118 valence electrons. The zero-order chi connectivity index (χ0) is 16.3. The van der Waals surface area contributed by atoms with Crippen molar-refractivity contribution in [3.63, 3.8) is 0 Å². The highest BCUT2D eigenvalue weighted by atomic mass is 32.2. The molecule has 0 unspecified atom stereocenters. The number of carbonyl (C=O) groups excluding carboxylic acids is 1. The summed E-state index contributed by atoms with van der Waals surface area (Å²) in [5.41, 5.74) is 2.01. The molecule has 0 heterocycles. The average molecular weight is 312 g/mol. The smallest absolute Gasteiger partial charge is 0.223 e. The monoisotopic (exact) mass is 312 g/mol. The maximum absolute atomic E-state index is 11.7. The summed E-state index contributed by atoms with van der Waals surface area (Å²) in [6, 6.07) is 7.77. The van der Waals surface area contributed by atoms with E-state index in [-0.39, 0.29) is 17.9 Å². The Morgan fingerprint density at radius 1 is 1.19 bits per heavy atom. The van der Waals surface area contributed by atoms with Crippen molar-refractivity contribution in [1.29, 1.82) is 0 Å². The third kappa shape index (κ3) is 5.85. The molecule has 0 saturated carbocycles. The van der Waals surface area contributed by atoms with Crippen LogP contribution in [-0.2, 0) is 20.2 Å². The largest absolute Gasteiger partial charge is 0.311 e. The molecule has 5 nitrogen and oxygen atoms in total.